The maximum atomic E-state index is 13.4. The Labute approximate surface area is 179 Å². The summed E-state index contributed by atoms with van der Waals surface area (Å²) in [5.74, 6) is -0.143. The van der Waals surface area contributed by atoms with Gasteiger partial charge in [-0.3, -0.25) is 9.59 Å². The number of aryl methyl sites for hydroxylation is 3. The number of anilines is 1. The summed E-state index contributed by atoms with van der Waals surface area (Å²) in [5.41, 5.74) is 5.95. The second kappa shape index (κ2) is 7.19. The van der Waals surface area contributed by atoms with Crippen molar-refractivity contribution in [1.82, 2.24) is 19.6 Å². The first-order chi connectivity index (χ1) is 14.9. The van der Waals surface area contributed by atoms with Gasteiger partial charge in [-0.15, -0.1) is 0 Å². The van der Waals surface area contributed by atoms with Crippen molar-refractivity contribution in [3.8, 4) is 5.69 Å². The van der Waals surface area contributed by atoms with Gasteiger partial charge < -0.3 is 4.90 Å². The lowest BCUT2D eigenvalue weighted by atomic mass is 10.1. The fourth-order valence-electron chi connectivity index (χ4n) is 4.19. The molecule has 1 amide bonds. The molecule has 1 aliphatic heterocycles. The van der Waals surface area contributed by atoms with E-state index in [2.05, 4.69) is 10.2 Å². The van der Waals surface area contributed by atoms with Crippen molar-refractivity contribution in [3.05, 3.63) is 81.4 Å². The molecular formula is C24H23N5O2. The predicted octanol–water partition coefficient (Wildman–Crippen LogP) is 3.10. The minimum Gasteiger partial charge on any atom is -0.310 e. The number of hydrogen-bond donors (Lipinski definition) is 0. The van der Waals surface area contributed by atoms with Crippen molar-refractivity contribution in [3.63, 3.8) is 0 Å². The quantitative estimate of drug-likeness (QED) is 0.517. The maximum absolute atomic E-state index is 13.4. The van der Waals surface area contributed by atoms with Crippen LogP contribution in [0.4, 0.5) is 5.69 Å². The Morgan fingerprint density at radius 2 is 1.87 bits per heavy atom. The Balaban J connectivity index is 1.56. The number of benzene rings is 2. The number of fused-ring (bicyclic) bond motifs is 2. The third-order valence-electron chi connectivity index (χ3n) is 6.08. The molecule has 0 atom stereocenters. The third-order valence-corrected chi connectivity index (χ3v) is 6.08. The van der Waals surface area contributed by atoms with Crippen molar-refractivity contribution in [2.24, 2.45) is 0 Å². The van der Waals surface area contributed by atoms with Crippen LogP contribution in [0.1, 0.15) is 22.4 Å². The molecule has 0 spiro atoms. The molecule has 0 saturated heterocycles. The van der Waals surface area contributed by atoms with Crippen LogP contribution < -0.4 is 10.5 Å². The standard InChI is InChI=1S/C24H23N5O2/c1-15-8-9-19(12-16(15)2)29-23-20(13-25-29)17(3)26-28(24(23)31)14-22(30)27-11-10-18-6-4-5-7-21(18)27/h4-9,12-13H,10-11,14H2,1-3H3. The highest BCUT2D eigenvalue weighted by Crippen LogP contribution is 2.27. The van der Waals surface area contributed by atoms with Crippen LogP contribution in [0, 0.1) is 20.8 Å². The molecule has 7 heteroatoms. The number of rotatable bonds is 3. The van der Waals surface area contributed by atoms with Gasteiger partial charge in [0.25, 0.3) is 5.56 Å². The normalized spacial score (nSPS) is 13.1. The van der Waals surface area contributed by atoms with E-state index in [1.807, 2.05) is 63.2 Å². The highest BCUT2D eigenvalue weighted by atomic mass is 16.2. The zero-order chi connectivity index (χ0) is 21.7. The lowest BCUT2D eigenvalue weighted by Crippen LogP contribution is -2.37. The number of aromatic nitrogens is 4. The zero-order valence-electron chi connectivity index (χ0n) is 17.8. The minimum absolute atomic E-state index is 0.109. The van der Waals surface area contributed by atoms with E-state index >= 15 is 0 Å². The number of carbonyl (C=O) groups is 1. The average Bonchev–Trinajstić information content (AvgIpc) is 3.39. The van der Waals surface area contributed by atoms with Gasteiger partial charge in [0.05, 0.1) is 17.6 Å². The van der Waals surface area contributed by atoms with Gasteiger partial charge in [-0.1, -0.05) is 24.3 Å². The summed E-state index contributed by atoms with van der Waals surface area (Å²) in [6.45, 7) is 6.42. The molecular weight excluding hydrogens is 390 g/mol. The Bertz CT molecular complexity index is 1400. The van der Waals surface area contributed by atoms with Crippen molar-refractivity contribution in [2.45, 2.75) is 33.7 Å². The molecule has 31 heavy (non-hydrogen) atoms. The van der Waals surface area contributed by atoms with E-state index in [1.54, 1.807) is 15.8 Å². The molecule has 2 aromatic heterocycles. The molecule has 0 bridgehead atoms. The summed E-state index contributed by atoms with van der Waals surface area (Å²) in [6, 6.07) is 13.8. The van der Waals surface area contributed by atoms with Crippen molar-refractivity contribution >= 4 is 22.5 Å². The van der Waals surface area contributed by atoms with Gasteiger partial charge in [0, 0.05) is 17.6 Å². The zero-order valence-corrected chi connectivity index (χ0v) is 17.8. The van der Waals surface area contributed by atoms with Crippen LogP contribution in [0.3, 0.4) is 0 Å². The summed E-state index contributed by atoms with van der Waals surface area (Å²) in [4.78, 5) is 28.1. The molecule has 0 aliphatic carbocycles. The smallest absolute Gasteiger partial charge is 0.293 e. The molecule has 3 heterocycles. The van der Waals surface area contributed by atoms with Crippen LogP contribution in [0.2, 0.25) is 0 Å². The molecule has 0 radical (unpaired) electrons. The maximum Gasteiger partial charge on any atom is 0.293 e. The van der Waals surface area contributed by atoms with E-state index in [4.69, 9.17) is 0 Å². The van der Waals surface area contributed by atoms with Crippen LogP contribution in [0.15, 0.2) is 53.5 Å². The number of hydrogen-bond acceptors (Lipinski definition) is 4. The third kappa shape index (κ3) is 3.13. The fourth-order valence-corrected chi connectivity index (χ4v) is 4.19. The number of amides is 1. The monoisotopic (exact) mass is 413 g/mol. The molecule has 0 N–H and O–H groups in total. The lowest BCUT2D eigenvalue weighted by Gasteiger charge is -2.18. The van der Waals surface area contributed by atoms with Crippen LogP contribution in [-0.4, -0.2) is 32.0 Å². The Kier molecular flexibility index (Phi) is 4.46. The van der Waals surface area contributed by atoms with Gasteiger partial charge in [0.15, 0.2) is 0 Å². The molecule has 156 valence electrons. The SMILES string of the molecule is Cc1ccc(-n2ncc3c(C)nn(CC(=O)N4CCc5ccccc54)c(=O)c32)cc1C. The van der Waals surface area contributed by atoms with E-state index in [0.717, 1.165) is 28.9 Å². The van der Waals surface area contributed by atoms with Gasteiger partial charge >= 0.3 is 0 Å². The summed E-state index contributed by atoms with van der Waals surface area (Å²) in [6.07, 6.45) is 2.49. The molecule has 0 fully saturated rings. The van der Waals surface area contributed by atoms with Gasteiger partial charge in [0.1, 0.15) is 12.1 Å². The topological polar surface area (TPSA) is 73.0 Å². The van der Waals surface area contributed by atoms with Gasteiger partial charge in [-0.25, -0.2) is 9.36 Å². The Morgan fingerprint density at radius 1 is 1.06 bits per heavy atom. The second-order valence-electron chi connectivity index (χ2n) is 8.06. The number of para-hydroxylation sites is 1. The first-order valence-corrected chi connectivity index (χ1v) is 10.4. The van der Waals surface area contributed by atoms with E-state index in [-0.39, 0.29) is 18.0 Å². The van der Waals surface area contributed by atoms with E-state index in [0.29, 0.717) is 23.1 Å². The van der Waals surface area contributed by atoms with E-state index < -0.39 is 0 Å². The van der Waals surface area contributed by atoms with E-state index in [1.165, 1.54) is 10.2 Å². The van der Waals surface area contributed by atoms with Crippen LogP contribution >= 0.6 is 0 Å². The summed E-state index contributed by atoms with van der Waals surface area (Å²) in [7, 11) is 0. The summed E-state index contributed by atoms with van der Waals surface area (Å²) < 4.78 is 2.91. The molecule has 7 nitrogen and oxygen atoms in total. The minimum atomic E-state index is -0.322. The second-order valence-corrected chi connectivity index (χ2v) is 8.06. The first kappa shape index (κ1) is 19.2. The number of carbonyl (C=O) groups excluding carboxylic acids is 1. The summed E-state index contributed by atoms with van der Waals surface area (Å²) in [5, 5.41) is 9.56. The Hall–Kier alpha value is -3.74. The van der Waals surface area contributed by atoms with Crippen LogP contribution in [-0.2, 0) is 17.8 Å². The lowest BCUT2D eigenvalue weighted by molar-refractivity contribution is -0.119. The average molecular weight is 413 g/mol. The van der Waals surface area contributed by atoms with E-state index in [9.17, 15) is 9.59 Å². The van der Waals surface area contributed by atoms with Gasteiger partial charge in [0.2, 0.25) is 5.91 Å². The summed E-state index contributed by atoms with van der Waals surface area (Å²) >= 11 is 0. The largest absolute Gasteiger partial charge is 0.310 e. The van der Waals surface area contributed by atoms with Gasteiger partial charge in [-0.05, 0) is 62.1 Å². The fraction of sp³-hybridized carbons (Fsp3) is 0.250. The first-order valence-electron chi connectivity index (χ1n) is 10.4. The molecule has 0 unspecified atom stereocenters. The van der Waals surface area contributed by atoms with Crippen LogP contribution in [0.25, 0.3) is 16.6 Å². The molecule has 2 aromatic carbocycles. The highest BCUT2D eigenvalue weighted by molar-refractivity contribution is 5.95. The Morgan fingerprint density at radius 3 is 2.68 bits per heavy atom. The highest BCUT2D eigenvalue weighted by Gasteiger charge is 2.25. The van der Waals surface area contributed by atoms with Crippen molar-refractivity contribution in [1.29, 1.82) is 0 Å². The van der Waals surface area contributed by atoms with Crippen molar-refractivity contribution in [2.75, 3.05) is 11.4 Å². The molecule has 5 rings (SSSR count). The predicted molar refractivity (Wildman–Crippen MR) is 120 cm³/mol. The van der Waals surface area contributed by atoms with Gasteiger partial charge in [-0.2, -0.15) is 10.2 Å². The number of nitrogens with zero attached hydrogens (tertiary/aromatic N) is 5. The molecule has 4 aromatic rings. The molecule has 0 saturated carbocycles. The van der Waals surface area contributed by atoms with Crippen LogP contribution in [0.5, 0.6) is 0 Å². The van der Waals surface area contributed by atoms with Crippen molar-refractivity contribution < 1.29 is 4.79 Å². The molecule has 1 aliphatic rings.